The van der Waals surface area contributed by atoms with Crippen LogP contribution in [0.2, 0.25) is 13.1 Å². The second kappa shape index (κ2) is 11.3. The first-order valence-electron chi connectivity index (χ1n) is 18.5. The summed E-state index contributed by atoms with van der Waals surface area (Å²) in [5, 5.41) is 8.18. The van der Waals surface area contributed by atoms with Gasteiger partial charge in [-0.1, -0.05) is 140 Å². The summed E-state index contributed by atoms with van der Waals surface area (Å²) in [4.78, 5) is 0. The molecule has 8 aromatic carbocycles. The Balaban J connectivity index is 1.00. The SMILES string of the molecule is C[Si]1(C)c2cc(-c3ccc4c(c3)c3ccccc3n4-c3ccccc3)ccc2-c2ccc(-c3ccc4c5ccccc5n(-c5ccccc5)c4c3)cc21. The second-order valence-corrected chi connectivity index (χ2v) is 19.3. The van der Waals surface area contributed by atoms with E-state index in [1.165, 1.54) is 98.7 Å². The lowest BCUT2D eigenvalue weighted by atomic mass is 9.97. The van der Waals surface area contributed by atoms with Gasteiger partial charge in [0.25, 0.3) is 0 Å². The van der Waals surface area contributed by atoms with Gasteiger partial charge in [-0.15, -0.1) is 0 Å². The van der Waals surface area contributed by atoms with E-state index in [1.807, 2.05) is 0 Å². The summed E-state index contributed by atoms with van der Waals surface area (Å²) in [7, 11) is -2.00. The molecule has 0 bridgehead atoms. The van der Waals surface area contributed by atoms with Gasteiger partial charge in [-0.25, -0.2) is 0 Å². The third-order valence-electron chi connectivity index (χ3n) is 11.7. The number of rotatable bonds is 4. The van der Waals surface area contributed by atoms with E-state index in [4.69, 9.17) is 0 Å². The molecule has 0 unspecified atom stereocenters. The summed E-state index contributed by atoms with van der Waals surface area (Å²) in [6.07, 6.45) is 0. The molecule has 10 aromatic rings. The van der Waals surface area contributed by atoms with Crippen molar-refractivity contribution in [3.8, 4) is 44.8 Å². The molecule has 0 atom stereocenters. The van der Waals surface area contributed by atoms with Crippen LogP contribution in [0.25, 0.3) is 88.4 Å². The normalized spacial score (nSPS) is 13.2. The van der Waals surface area contributed by atoms with E-state index in [0.717, 1.165) is 0 Å². The molecule has 3 heterocycles. The van der Waals surface area contributed by atoms with Crippen LogP contribution in [0.4, 0.5) is 0 Å². The number of aromatic nitrogens is 2. The van der Waals surface area contributed by atoms with Gasteiger partial charge < -0.3 is 9.13 Å². The fourth-order valence-corrected chi connectivity index (χ4v) is 12.2. The number of hydrogen-bond donors (Lipinski definition) is 0. The van der Waals surface area contributed by atoms with Crippen LogP contribution < -0.4 is 10.4 Å². The molecule has 2 nitrogen and oxygen atoms in total. The molecule has 0 radical (unpaired) electrons. The summed E-state index contributed by atoms with van der Waals surface area (Å²) in [5.74, 6) is 0. The van der Waals surface area contributed by atoms with Gasteiger partial charge in [0.15, 0.2) is 0 Å². The quantitative estimate of drug-likeness (QED) is 0.163. The zero-order chi connectivity index (χ0) is 35.3. The first kappa shape index (κ1) is 30.2. The highest BCUT2D eigenvalue weighted by atomic mass is 28.3. The Labute approximate surface area is 309 Å². The van der Waals surface area contributed by atoms with Gasteiger partial charge in [0.2, 0.25) is 0 Å². The Bertz CT molecular complexity index is 3070. The molecule has 53 heavy (non-hydrogen) atoms. The van der Waals surface area contributed by atoms with Gasteiger partial charge in [0.05, 0.1) is 22.1 Å². The van der Waals surface area contributed by atoms with Crippen molar-refractivity contribution < 1.29 is 0 Å². The van der Waals surface area contributed by atoms with Crippen molar-refractivity contribution in [3.05, 3.63) is 182 Å². The predicted octanol–water partition coefficient (Wildman–Crippen LogP) is 12.0. The van der Waals surface area contributed by atoms with E-state index >= 15 is 0 Å². The molecule has 0 N–H and O–H groups in total. The molecule has 0 fully saturated rings. The fourth-order valence-electron chi connectivity index (χ4n) is 9.11. The van der Waals surface area contributed by atoms with Crippen molar-refractivity contribution in [1.29, 1.82) is 0 Å². The van der Waals surface area contributed by atoms with Gasteiger partial charge in [-0.2, -0.15) is 0 Å². The molecule has 250 valence electrons. The van der Waals surface area contributed by atoms with Crippen molar-refractivity contribution in [2.24, 2.45) is 0 Å². The molecule has 1 aliphatic rings. The highest BCUT2D eigenvalue weighted by Crippen LogP contribution is 2.39. The maximum absolute atomic E-state index is 2.53. The summed E-state index contributed by atoms with van der Waals surface area (Å²) >= 11 is 0. The Hall–Kier alpha value is -6.42. The topological polar surface area (TPSA) is 9.86 Å². The molecule has 2 aromatic heterocycles. The van der Waals surface area contributed by atoms with E-state index < -0.39 is 8.07 Å². The lowest BCUT2D eigenvalue weighted by molar-refractivity contribution is 1.18. The molecule has 0 spiro atoms. The molecule has 3 heteroatoms. The van der Waals surface area contributed by atoms with E-state index in [9.17, 15) is 0 Å². The van der Waals surface area contributed by atoms with Crippen LogP contribution in [0.15, 0.2) is 182 Å². The summed E-state index contributed by atoms with van der Waals surface area (Å²) < 4.78 is 4.80. The zero-order valence-corrected chi connectivity index (χ0v) is 30.7. The molecule has 1 aliphatic heterocycles. The Morgan fingerprint density at radius 2 is 0.736 bits per heavy atom. The Kier molecular flexibility index (Phi) is 6.44. The first-order valence-corrected chi connectivity index (χ1v) is 21.5. The predicted molar refractivity (Wildman–Crippen MR) is 228 cm³/mol. The molecule has 0 saturated heterocycles. The smallest absolute Gasteiger partial charge is 0.113 e. The zero-order valence-electron chi connectivity index (χ0n) is 29.7. The van der Waals surface area contributed by atoms with Gasteiger partial charge in [-0.05, 0) is 98.4 Å². The lowest BCUT2D eigenvalue weighted by Gasteiger charge is -2.20. The van der Waals surface area contributed by atoms with Gasteiger partial charge in [0, 0.05) is 32.9 Å². The second-order valence-electron chi connectivity index (χ2n) is 15.0. The number of fused-ring (bicyclic) bond motifs is 9. The minimum Gasteiger partial charge on any atom is -0.309 e. The van der Waals surface area contributed by atoms with Crippen molar-refractivity contribution in [3.63, 3.8) is 0 Å². The van der Waals surface area contributed by atoms with Crippen LogP contribution in [0, 0.1) is 0 Å². The van der Waals surface area contributed by atoms with Crippen LogP contribution in [0.3, 0.4) is 0 Å². The van der Waals surface area contributed by atoms with Gasteiger partial charge >= 0.3 is 0 Å². The Morgan fingerprint density at radius 1 is 0.321 bits per heavy atom. The molecule has 0 amide bonds. The van der Waals surface area contributed by atoms with E-state index in [2.05, 4.69) is 204 Å². The average molecular weight is 693 g/mol. The van der Waals surface area contributed by atoms with Gasteiger partial charge in [-0.3, -0.25) is 0 Å². The minimum absolute atomic E-state index is 1.19. The standard InChI is InChI=1S/C50H36N2Si/c1-53(2)49-31-35(33-24-28-47-44(29-33)40-18-10-12-20-46(40)51(47)37-13-5-3-6-14-37)22-26-42(49)43-27-23-36(32-50(43)53)34-21-25-41-39-17-9-11-19-45(39)52(48(41)30-34)38-15-7-4-8-16-38/h3-32H,1-2H3. The lowest BCUT2D eigenvalue weighted by Crippen LogP contribution is -2.49. The number of nitrogens with zero attached hydrogens (tertiary/aromatic N) is 2. The molecular formula is C50H36N2Si. The van der Waals surface area contributed by atoms with Crippen LogP contribution in [0.5, 0.6) is 0 Å². The third-order valence-corrected chi connectivity index (χ3v) is 15.2. The van der Waals surface area contributed by atoms with E-state index in [-0.39, 0.29) is 0 Å². The number of para-hydroxylation sites is 4. The summed E-state index contributed by atoms with van der Waals surface area (Å²) in [6.45, 7) is 5.05. The highest BCUT2D eigenvalue weighted by Gasteiger charge is 2.38. The van der Waals surface area contributed by atoms with Crippen molar-refractivity contribution >= 4 is 62.1 Å². The maximum Gasteiger partial charge on any atom is 0.113 e. The minimum atomic E-state index is -2.00. The molecular weight excluding hydrogens is 657 g/mol. The van der Waals surface area contributed by atoms with Crippen LogP contribution in [0.1, 0.15) is 0 Å². The molecule has 0 aliphatic carbocycles. The van der Waals surface area contributed by atoms with Crippen molar-refractivity contribution in [1.82, 2.24) is 9.13 Å². The maximum atomic E-state index is 2.53. The van der Waals surface area contributed by atoms with Crippen LogP contribution >= 0.6 is 0 Å². The van der Waals surface area contributed by atoms with E-state index in [0.29, 0.717) is 0 Å². The van der Waals surface area contributed by atoms with Gasteiger partial charge in [0.1, 0.15) is 8.07 Å². The van der Waals surface area contributed by atoms with E-state index in [1.54, 1.807) is 0 Å². The first-order chi connectivity index (χ1) is 26.0. The molecule has 11 rings (SSSR count). The average Bonchev–Trinajstić information content (AvgIpc) is 3.80. The fraction of sp³-hybridized carbons (Fsp3) is 0.0400. The number of benzene rings is 8. The van der Waals surface area contributed by atoms with Crippen LogP contribution in [-0.4, -0.2) is 17.2 Å². The molecule has 0 saturated carbocycles. The van der Waals surface area contributed by atoms with Crippen molar-refractivity contribution in [2.75, 3.05) is 0 Å². The monoisotopic (exact) mass is 692 g/mol. The summed E-state index contributed by atoms with van der Waals surface area (Å²) in [5.41, 5.74) is 15.2. The van der Waals surface area contributed by atoms with Crippen molar-refractivity contribution in [2.45, 2.75) is 13.1 Å². The largest absolute Gasteiger partial charge is 0.309 e. The third kappa shape index (κ3) is 4.44. The Morgan fingerprint density at radius 3 is 1.34 bits per heavy atom. The van der Waals surface area contributed by atoms with Crippen LogP contribution in [-0.2, 0) is 0 Å². The number of hydrogen-bond acceptors (Lipinski definition) is 0. The summed E-state index contributed by atoms with van der Waals surface area (Å²) in [6, 6.07) is 67.5. The highest BCUT2D eigenvalue weighted by molar-refractivity contribution is 7.03.